The fraction of sp³-hybridized carbons (Fsp3) is 0.438. The highest BCUT2D eigenvalue weighted by Crippen LogP contribution is 2.11. The van der Waals surface area contributed by atoms with E-state index in [9.17, 15) is 9.18 Å². The van der Waals surface area contributed by atoms with Gasteiger partial charge in [0.25, 0.3) is 5.91 Å². The molecule has 0 aliphatic rings. The molecule has 114 valence electrons. The van der Waals surface area contributed by atoms with Crippen LogP contribution in [0.3, 0.4) is 0 Å². The van der Waals surface area contributed by atoms with E-state index in [-0.39, 0.29) is 24.1 Å². The van der Waals surface area contributed by atoms with E-state index in [1.807, 2.05) is 25.9 Å². The fourth-order valence-corrected chi connectivity index (χ4v) is 1.77. The van der Waals surface area contributed by atoms with Crippen molar-refractivity contribution in [2.45, 2.75) is 19.4 Å². The van der Waals surface area contributed by atoms with Crippen molar-refractivity contribution in [1.82, 2.24) is 10.2 Å². The van der Waals surface area contributed by atoms with Crippen LogP contribution in [0.15, 0.2) is 18.2 Å². The van der Waals surface area contributed by atoms with E-state index < -0.39 is 5.82 Å². The second-order valence-electron chi connectivity index (χ2n) is 5.12. The van der Waals surface area contributed by atoms with Crippen LogP contribution < -0.4 is 5.32 Å². The molecule has 1 aromatic carbocycles. The molecule has 1 unspecified atom stereocenters. The topological polar surface area (TPSA) is 52.6 Å². The first-order valence-electron chi connectivity index (χ1n) is 6.79. The highest BCUT2D eigenvalue weighted by molar-refractivity contribution is 5.96. The Morgan fingerprint density at radius 1 is 1.48 bits per heavy atom. The van der Waals surface area contributed by atoms with Gasteiger partial charge < -0.3 is 15.3 Å². The van der Waals surface area contributed by atoms with Crippen molar-refractivity contribution >= 4 is 5.91 Å². The highest BCUT2D eigenvalue weighted by Gasteiger charge is 2.14. The Bertz CT molecular complexity index is 547. The molecule has 0 radical (unpaired) electrons. The predicted octanol–water partition coefficient (Wildman–Crippen LogP) is 1.24. The zero-order valence-corrected chi connectivity index (χ0v) is 12.6. The highest BCUT2D eigenvalue weighted by atomic mass is 19.1. The van der Waals surface area contributed by atoms with Crippen LogP contribution in [-0.2, 0) is 0 Å². The summed E-state index contributed by atoms with van der Waals surface area (Å²) in [6.45, 7) is 2.44. The number of hydrogen-bond donors (Lipinski definition) is 2. The molecule has 0 saturated carbocycles. The molecule has 1 aromatic rings. The van der Waals surface area contributed by atoms with E-state index in [1.165, 1.54) is 12.1 Å². The van der Waals surface area contributed by atoms with Gasteiger partial charge >= 0.3 is 0 Å². The molecule has 1 rings (SSSR count). The van der Waals surface area contributed by atoms with Gasteiger partial charge in [-0.1, -0.05) is 11.8 Å². The number of hydrogen-bond acceptors (Lipinski definition) is 3. The third-order valence-electron chi connectivity index (χ3n) is 2.92. The van der Waals surface area contributed by atoms with Gasteiger partial charge in [0.2, 0.25) is 0 Å². The van der Waals surface area contributed by atoms with E-state index in [4.69, 9.17) is 5.11 Å². The lowest BCUT2D eigenvalue weighted by Crippen LogP contribution is -2.35. The van der Waals surface area contributed by atoms with E-state index in [1.54, 1.807) is 0 Å². The normalized spacial score (nSPS) is 11.7. The molecule has 0 fully saturated rings. The monoisotopic (exact) mass is 292 g/mol. The fourth-order valence-electron chi connectivity index (χ4n) is 1.77. The molecule has 21 heavy (non-hydrogen) atoms. The van der Waals surface area contributed by atoms with Crippen LogP contribution in [0.4, 0.5) is 4.39 Å². The van der Waals surface area contributed by atoms with Crippen LogP contribution in [0.25, 0.3) is 0 Å². The maximum absolute atomic E-state index is 13.3. The number of halogens is 1. The number of rotatable bonds is 5. The quantitative estimate of drug-likeness (QED) is 0.803. The molecular formula is C16H21FN2O2. The summed E-state index contributed by atoms with van der Waals surface area (Å²) < 4.78 is 13.3. The Kier molecular flexibility index (Phi) is 6.86. The molecule has 0 heterocycles. The van der Waals surface area contributed by atoms with Crippen molar-refractivity contribution in [2.24, 2.45) is 0 Å². The van der Waals surface area contributed by atoms with Crippen molar-refractivity contribution in [3.8, 4) is 11.8 Å². The average Bonchev–Trinajstić information content (AvgIpc) is 2.43. The smallest absolute Gasteiger partial charge is 0.252 e. The zero-order chi connectivity index (χ0) is 15.8. The molecule has 0 saturated heterocycles. The van der Waals surface area contributed by atoms with Crippen LogP contribution in [0, 0.1) is 17.7 Å². The van der Waals surface area contributed by atoms with Gasteiger partial charge in [0.1, 0.15) is 12.4 Å². The zero-order valence-electron chi connectivity index (χ0n) is 12.6. The van der Waals surface area contributed by atoms with Gasteiger partial charge in [0, 0.05) is 11.6 Å². The molecular weight excluding hydrogens is 271 g/mol. The number of nitrogens with one attached hydrogen (secondary N) is 1. The second-order valence-corrected chi connectivity index (χ2v) is 5.12. The maximum atomic E-state index is 13.3. The van der Waals surface area contributed by atoms with Crippen molar-refractivity contribution in [3.05, 3.63) is 35.1 Å². The van der Waals surface area contributed by atoms with Crippen LogP contribution in [0.2, 0.25) is 0 Å². The van der Waals surface area contributed by atoms with Gasteiger partial charge in [-0.2, -0.15) is 0 Å². The van der Waals surface area contributed by atoms with Gasteiger partial charge in [-0.15, -0.1) is 0 Å². The summed E-state index contributed by atoms with van der Waals surface area (Å²) in [6, 6.07) is 3.82. The van der Waals surface area contributed by atoms with Crippen LogP contribution in [0.1, 0.15) is 29.3 Å². The standard InChI is InChI=1S/C16H21FN2O2/c1-12(8-9-19(2)3)18-16(21)15-11-14(17)7-6-13(15)5-4-10-20/h6-7,11-12,20H,8-10H2,1-3H3,(H,18,21). The van der Waals surface area contributed by atoms with Crippen molar-refractivity contribution < 1.29 is 14.3 Å². The molecule has 4 nitrogen and oxygen atoms in total. The Morgan fingerprint density at radius 2 is 2.19 bits per heavy atom. The molecule has 1 atom stereocenters. The lowest BCUT2D eigenvalue weighted by molar-refractivity contribution is 0.0936. The van der Waals surface area contributed by atoms with Gasteiger partial charge in [-0.05, 0) is 52.2 Å². The largest absolute Gasteiger partial charge is 0.384 e. The number of carbonyl (C=O) groups is 1. The molecule has 0 aromatic heterocycles. The van der Waals surface area contributed by atoms with Gasteiger partial charge in [-0.25, -0.2) is 4.39 Å². The predicted molar refractivity (Wildman–Crippen MR) is 80.5 cm³/mol. The lowest BCUT2D eigenvalue weighted by atomic mass is 10.1. The van der Waals surface area contributed by atoms with Crippen LogP contribution in [-0.4, -0.2) is 49.2 Å². The second kappa shape index (κ2) is 8.40. The van der Waals surface area contributed by atoms with E-state index in [2.05, 4.69) is 17.2 Å². The van der Waals surface area contributed by atoms with Gasteiger partial charge in [0.15, 0.2) is 0 Å². The van der Waals surface area contributed by atoms with Crippen molar-refractivity contribution in [1.29, 1.82) is 0 Å². The molecule has 5 heteroatoms. The Hall–Kier alpha value is -1.90. The van der Waals surface area contributed by atoms with Crippen LogP contribution >= 0.6 is 0 Å². The summed E-state index contributed by atoms with van der Waals surface area (Å²) in [5.41, 5.74) is 0.593. The average molecular weight is 292 g/mol. The summed E-state index contributed by atoms with van der Waals surface area (Å²) in [7, 11) is 3.92. The van der Waals surface area contributed by atoms with E-state index in [0.29, 0.717) is 5.56 Å². The van der Waals surface area contributed by atoms with E-state index in [0.717, 1.165) is 19.0 Å². The summed E-state index contributed by atoms with van der Waals surface area (Å²) in [5.74, 6) is 4.28. The molecule has 0 spiro atoms. The third-order valence-corrected chi connectivity index (χ3v) is 2.92. The number of nitrogens with zero attached hydrogens (tertiary/aromatic N) is 1. The Balaban J connectivity index is 2.83. The minimum Gasteiger partial charge on any atom is -0.384 e. The molecule has 0 aliphatic heterocycles. The molecule has 1 amide bonds. The summed E-state index contributed by atoms with van der Waals surface area (Å²) >= 11 is 0. The Morgan fingerprint density at radius 3 is 2.81 bits per heavy atom. The number of carbonyl (C=O) groups excluding carboxylic acids is 1. The first-order valence-corrected chi connectivity index (χ1v) is 6.79. The lowest BCUT2D eigenvalue weighted by Gasteiger charge is -2.17. The molecule has 0 aliphatic carbocycles. The van der Waals surface area contributed by atoms with Gasteiger partial charge in [-0.3, -0.25) is 4.79 Å². The summed E-state index contributed by atoms with van der Waals surface area (Å²) in [4.78, 5) is 14.2. The number of aliphatic hydroxyl groups is 1. The van der Waals surface area contributed by atoms with E-state index >= 15 is 0 Å². The van der Waals surface area contributed by atoms with Crippen molar-refractivity contribution in [2.75, 3.05) is 27.2 Å². The number of aliphatic hydroxyl groups excluding tert-OH is 1. The molecule has 0 bridgehead atoms. The number of amides is 1. The maximum Gasteiger partial charge on any atom is 0.252 e. The summed E-state index contributed by atoms with van der Waals surface area (Å²) in [5, 5.41) is 11.6. The molecule has 2 N–H and O–H groups in total. The first kappa shape index (κ1) is 17.2. The Labute approximate surface area is 125 Å². The van der Waals surface area contributed by atoms with Crippen LogP contribution in [0.5, 0.6) is 0 Å². The minimum atomic E-state index is -0.490. The third kappa shape index (κ3) is 5.94. The SMILES string of the molecule is CC(CCN(C)C)NC(=O)c1cc(F)ccc1C#CCO. The minimum absolute atomic E-state index is 0.0261. The first-order chi connectivity index (χ1) is 9.93. The summed E-state index contributed by atoms with van der Waals surface area (Å²) in [6.07, 6.45) is 0.797. The van der Waals surface area contributed by atoms with Gasteiger partial charge in [0.05, 0.1) is 5.56 Å². The number of benzene rings is 1. The van der Waals surface area contributed by atoms with Crippen molar-refractivity contribution in [3.63, 3.8) is 0 Å².